The van der Waals surface area contributed by atoms with Crippen LogP contribution >= 0.6 is 0 Å². The van der Waals surface area contributed by atoms with Gasteiger partial charge in [-0.1, -0.05) is 6.07 Å². The van der Waals surface area contributed by atoms with E-state index in [1.165, 1.54) is 0 Å². The van der Waals surface area contributed by atoms with E-state index in [4.69, 9.17) is 4.74 Å². The number of aliphatic hydroxyl groups excluding tert-OH is 1. The molecule has 5 heteroatoms. The number of likely N-dealkylation sites (tertiary alicyclic amines) is 1. The highest BCUT2D eigenvalue weighted by Gasteiger charge is 2.56. The molecule has 5 nitrogen and oxygen atoms in total. The Morgan fingerprint density at radius 1 is 1.45 bits per heavy atom. The minimum atomic E-state index is -0.293. The van der Waals surface area contributed by atoms with Crippen LogP contribution in [0.2, 0.25) is 0 Å². The smallest absolute Gasteiger partial charge is 0.272 e. The first-order valence-electron chi connectivity index (χ1n) is 8.09. The van der Waals surface area contributed by atoms with E-state index in [9.17, 15) is 9.90 Å². The van der Waals surface area contributed by atoms with Crippen molar-refractivity contribution in [3.63, 3.8) is 0 Å². The van der Waals surface area contributed by atoms with E-state index in [0.717, 1.165) is 25.0 Å². The predicted octanol–water partition coefficient (Wildman–Crippen LogP) is 1.78. The van der Waals surface area contributed by atoms with Gasteiger partial charge in [0.15, 0.2) is 0 Å². The summed E-state index contributed by atoms with van der Waals surface area (Å²) in [6.07, 6.45) is 2.17. The van der Waals surface area contributed by atoms with Crippen molar-refractivity contribution in [2.75, 3.05) is 19.7 Å². The topological polar surface area (TPSA) is 62.7 Å². The molecule has 1 N–H and O–H groups in total. The molecule has 1 spiro atoms. The zero-order valence-corrected chi connectivity index (χ0v) is 13.3. The molecule has 1 amide bonds. The number of amides is 1. The van der Waals surface area contributed by atoms with Crippen LogP contribution < -0.4 is 0 Å². The Labute approximate surface area is 131 Å². The van der Waals surface area contributed by atoms with E-state index < -0.39 is 0 Å². The summed E-state index contributed by atoms with van der Waals surface area (Å²) in [7, 11) is 0. The molecule has 1 saturated heterocycles. The molecular weight excluding hydrogens is 280 g/mol. The molecule has 1 saturated carbocycles. The maximum absolute atomic E-state index is 12.5. The Kier molecular flexibility index (Phi) is 4.19. The van der Waals surface area contributed by atoms with Crippen LogP contribution in [-0.4, -0.2) is 52.8 Å². The highest BCUT2D eigenvalue weighted by atomic mass is 16.5. The summed E-state index contributed by atoms with van der Waals surface area (Å²) in [6, 6.07) is 5.52. The molecule has 2 atom stereocenters. The first-order chi connectivity index (χ1) is 10.6. The summed E-state index contributed by atoms with van der Waals surface area (Å²) < 4.78 is 5.76. The molecule has 2 heterocycles. The van der Waals surface area contributed by atoms with E-state index in [1.54, 1.807) is 6.07 Å². The maximum Gasteiger partial charge on any atom is 0.272 e. The van der Waals surface area contributed by atoms with Gasteiger partial charge >= 0.3 is 0 Å². The van der Waals surface area contributed by atoms with Crippen LogP contribution in [0.5, 0.6) is 0 Å². The molecule has 0 radical (unpaired) electrons. The van der Waals surface area contributed by atoms with Crippen molar-refractivity contribution in [3.05, 3.63) is 29.6 Å². The summed E-state index contributed by atoms with van der Waals surface area (Å²) in [5.41, 5.74) is 1.21. The third-order valence-electron chi connectivity index (χ3n) is 5.20. The molecule has 0 aromatic carbocycles. The van der Waals surface area contributed by atoms with Crippen LogP contribution in [0.15, 0.2) is 18.2 Å². The van der Waals surface area contributed by atoms with E-state index in [-0.39, 0.29) is 23.5 Å². The summed E-state index contributed by atoms with van der Waals surface area (Å²) in [4.78, 5) is 18.7. The van der Waals surface area contributed by atoms with Crippen LogP contribution in [0, 0.1) is 12.3 Å². The highest BCUT2D eigenvalue weighted by Crippen LogP contribution is 2.51. The van der Waals surface area contributed by atoms with Gasteiger partial charge in [0, 0.05) is 37.2 Å². The third-order valence-corrected chi connectivity index (χ3v) is 5.20. The van der Waals surface area contributed by atoms with Crippen LogP contribution in [0.25, 0.3) is 0 Å². The molecule has 22 heavy (non-hydrogen) atoms. The minimum Gasteiger partial charge on any atom is -0.392 e. The predicted molar refractivity (Wildman–Crippen MR) is 82.6 cm³/mol. The number of pyridine rings is 1. The molecule has 2 unspecified atom stereocenters. The van der Waals surface area contributed by atoms with Crippen molar-refractivity contribution in [1.82, 2.24) is 9.88 Å². The number of carbonyl (C=O) groups is 1. The first-order valence-corrected chi connectivity index (χ1v) is 8.09. The van der Waals surface area contributed by atoms with Crippen molar-refractivity contribution in [3.8, 4) is 0 Å². The molecule has 1 aliphatic heterocycles. The van der Waals surface area contributed by atoms with Gasteiger partial charge in [-0.3, -0.25) is 4.79 Å². The van der Waals surface area contributed by atoms with Crippen LogP contribution in [0.1, 0.15) is 42.4 Å². The number of piperidine rings is 1. The molecular formula is C17H24N2O3. The number of carbonyl (C=O) groups excluding carboxylic acids is 1. The SMILES string of the molecule is CCOC1CC(O)C12CCN(C(=O)c1cccc(C)n1)CC2. The fraction of sp³-hybridized carbons (Fsp3) is 0.647. The number of aromatic nitrogens is 1. The summed E-state index contributed by atoms with van der Waals surface area (Å²) >= 11 is 0. The number of aryl methyl sites for hydroxylation is 1. The van der Waals surface area contributed by atoms with E-state index in [1.807, 2.05) is 30.9 Å². The Morgan fingerprint density at radius 2 is 2.18 bits per heavy atom. The molecule has 1 aromatic heterocycles. The number of ether oxygens (including phenoxy) is 1. The number of aliphatic hydroxyl groups is 1. The molecule has 2 fully saturated rings. The fourth-order valence-electron chi connectivity index (χ4n) is 3.77. The standard InChI is InChI=1S/C17H24N2O3/c1-3-22-15-11-14(20)17(15)7-9-19(10-8-17)16(21)13-6-4-5-12(2)18-13/h4-6,14-15,20H,3,7-11H2,1-2H3. The average Bonchev–Trinajstić information content (AvgIpc) is 2.54. The molecule has 1 aromatic rings. The van der Waals surface area contributed by atoms with Crippen molar-refractivity contribution in [2.45, 2.75) is 45.3 Å². The van der Waals surface area contributed by atoms with Gasteiger partial charge in [-0.25, -0.2) is 4.98 Å². The zero-order chi connectivity index (χ0) is 15.7. The molecule has 2 aliphatic rings. The van der Waals surface area contributed by atoms with E-state index in [0.29, 0.717) is 25.4 Å². The van der Waals surface area contributed by atoms with Crippen molar-refractivity contribution < 1.29 is 14.6 Å². The van der Waals surface area contributed by atoms with E-state index >= 15 is 0 Å². The number of hydrogen-bond donors (Lipinski definition) is 1. The molecule has 1 aliphatic carbocycles. The minimum absolute atomic E-state index is 0.0136. The van der Waals surface area contributed by atoms with Gasteiger partial charge in [0.05, 0.1) is 12.2 Å². The quantitative estimate of drug-likeness (QED) is 0.924. The van der Waals surface area contributed by atoms with Gasteiger partial charge in [-0.15, -0.1) is 0 Å². The molecule has 0 bridgehead atoms. The first kappa shape index (κ1) is 15.4. The van der Waals surface area contributed by atoms with Crippen molar-refractivity contribution in [1.29, 1.82) is 0 Å². The van der Waals surface area contributed by atoms with Gasteiger partial charge in [-0.2, -0.15) is 0 Å². The lowest BCUT2D eigenvalue weighted by Crippen LogP contribution is -2.62. The number of rotatable bonds is 3. The van der Waals surface area contributed by atoms with Gasteiger partial charge in [0.1, 0.15) is 5.69 Å². The average molecular weight is 304 g/mol. The molecule has 120 valence electrons. The summed E-state index contributed by atoms with van der Waals surface area (Å²) in [5.74, 6) is -0.0136. The van der Waals surface area contributed by atoms with Crippen molar-refractivity contribution in [2.24, 2.45) is 5.41 Å². The fourth-order valence-corrected chi connectivity index (χ4v) is 3.77. The lowest BCUT2D eigenvalue weighted by Gasteiger charge is -2.56. The Bertz CT molecular complexity index is 551. The lowest BCUT2D eigenvalue weighted by atomic mass is 9.58. The summed E-state index contributed by atoms with van der Waals surface area (Å²) in [6.45, 7) is 5.87. The molecule has 3 rings (SSSR count). The lowest BCUT2D eigenvalue weighted by molar-refractivity contribution is -0.207. The Morgan fingerprint density at radius 3 is 2.77 bits per heavy atom. The van der Waals surface area contributed by atoms with Crippen molar-refractivity contribution >= 4 is 5.91 Å². The Hall–Kier alpha value is -1.46. The van der Waals surface area contributed by atoms with Gasteiger partial charge in [-0.05, 0) is 38.8 Å². The second-order valence-corrected chi connectivity index (χ2v) is 6.39. The largest absolute Gasteiger partial charge is 0.392 e. The van der Waals surface area contributed by atoms with Gasteiger partial charge < -0.3 is 14.7 Å². The highest BCUT2D eigenvalue weighted by molar-refractivity contribution is 5.92. The van der Waals surface area contributed by atoms with Crippen LogP contribution in [-0.2, 0) is 4.74 Å². The Balaban J connectivity index is 1.65. The van der Waals surface area contributed by atoms with Crippen LogP contribution in [0.4, 0.5) is 0 Å². The normalized spacial score (nSPS) is 26.8. The second-order valence-electron chi connectivity index (χ2n) is 6.39. The van der Waals surface area contributed by atoms with Crippen LogP contribution in [0.3, 0.4) is 0 Å². The zero-order valence-electron chi connectivity index (χ0n) is 13.3. The second kappa shape index (κ2) is 5.97. The number of nitrogens with zero attached hydrogens (tertiary/aromatic N) is 2. The van der Waals surface area contributed by atoms with Gasteiger partial charge in [0.2, 0.25) is 0 Å². The monoisotopic (exact) mass is 304 g/mol. The number of hydrogen-bond acceptors (Lipinski definition) is 4. The summed E-state index contributed by atoms with van der Waals surface area (Å²) in [5, 5.41) is 10.2. The van der Waals surface area contributed by atoms with Gasteiger partial charge in [0.25, 0.3) is 5.91 Å². The third kappa shape index (κ3) is 2.52. The maximum atomic E-state index is 12.5. The van der Waals surface area contributed by atoms with E-state index in [2.05, 4.69) is 4.98 Å².